The molecule has 0 saturated heterocycles. The average molecular weight is 376 g/mol. The quantitative estimate of drug-likeness (QED) is 0.696. The lowest BCUT2D eigenvalue weighted by Crippen LogP contribution is -2.50. The molecule has 0 radical (unpaired) electrons. The fraction of sp³-hybridized carbons (Fsp3) is 0.667. The third kappa shape index (κ3) is 2.70. The van der Waals surface area contributed by atoms with Gasteiger partial charge in [0.15, 0.2) is 5.78 Å². The SMILES string of the molecule is CC1(C)Cc2sc(Cl)cc2C(=CC(=O)C23CC4CC(CC(C4)C2)C3)N1. The highest BCUT2D eigenvalue weighted by atomic mass is 35.5. The van der Waals surface area contributed by atoms with Crippen molar-refractivity contribution >= 4 is 34.4 Å². The number of allylic oxidation sites excluding steroid dienone is 1. The minimum absolute atomic E-state index is 0.0330. The van der Waals surface area contributed by atoms with Crippen molar-refractivity contribution in [3.63, 3.8) is 0 Å². The standard InChI is InChI=1S/C21H26ClNOS/c1-20(2)11-17-15(6-19(22)25-17)16(23-20)7-18(24)21-8-12-3-13(9-21)5-14(4-12)10-21/h6-7,12-14,23H,3-5,8-11H2,1-2H3. The van der Waals surface area contributed by atoms with Crippen LogP contribution in [0.5, 0.6) is 0 Å². The Balaban J connectivity index is 1.50. The number of hydrogen-bond acceptors (Lipinski definition) is 3. The number of thiophene rings is 1. The smallest absolute Gasteiger partial charge is 0.163 e. The molecule has 1 aromatic rings. The summed E-state index contributed by atoms with van der Waals surface area (Å²) in [6.07, 6.45) is 10.4. The van der Waals surface area contributed by atoms with Crippen molar-refractivity contribution < 1.29 is 4.79 Å². The summed E-state index contributed by atoms with van der Waals surface area (Å²) in [7, 11) is 0. The van der Waals surface area contributed by atoms with E-state index >= 15 is 0 Å². The highest BCUT2D eigenvalue weighted by Gasteiger charge is 2.54. The zero-order valence-electron chi connectivity index (χ0n) is 15.0. The van der Waals surface area contributed by atoms with Crippen LogP contribution in [-0.2, 0) is 11.2 Å². The summed E-state index contributed by atoms with van der Waals surface area (Å²) in [4.78, 5) is 14.8. The lowest BCUT2D eigenvalue weighted by atomic mass is 9.48. The van der Waals surface area contributed by atoms with Crippen LogP contribution in [0.2, 0.25) is 4.34 Å². The molecule has 4 bridgehead atoms. The van der Waals surface area contributed by atoms with Gasteiger partial charge in [0.25, 0.3) is 0 Å². The predicted octanol–water partition coefficient (Wildman–Crippen LogP) is 5.45. The van der Waals surface area contributed by atoms with Crippen molar-refractivity contribution in [3.05, 3.63) is 26.9 Å². The molecule has 0 amide bonds. The Kier molecular flexibility index (Phi) is 3.51. The molecule has 0 spiro atoms. The molecule has 4 aliphatic carbocycles. The molecule has 5 aliphatic rings. The molecule has 25 heavy (non-hydrogen) atoms. The van der Waals surface area contributed by atoms with E-state index in [0.717, 1.165) is 59.0 Å². The summed E-state index contributed by atoms with van der Waals surface area (Å²) in [6, 6.07) is 2.03. The summed E-state index contributed by atoms with van der Waals surface area (Å²) in [5.41, 5.74) is 2.04. The van der Waals surface area contributed by atoms with E-state index in [9.17, 15) is 4.79 Å². The molecule has 2 heterocycles. The molecule has 4 heteroatoms. The van der Waals surface area contributed by atoms with Gasteiger partial charge in [0, 0.05) is 39.6 Å². The minimum Gasteiger partial charge on any atom is -0.379 e. The van der Waals surface area contributed by atoms with Gasteiger partial charge in [-0.1, -0.05) is 11.6 Å². The normalized spacial score (nSPS) is 39.3. The number of ketones is 1. The van der Waals surface area contributed by atoms with Gasteiger partial charge in [0.2, 0.25) is 0 Å². The molecule has 1 N–H and O–H groups in total. The number of halogens is 1. The van der Waals surface area contributed by atoms with E-state index in [1.165, 1.54) is 24.1 Å². The van der Waals surface area contributed by atoms with Gasteiger partial charge >= 0.3 is 0 Å². The minimum atomic E-state index is -0.0645. The Morgan fingerprint density at radius 2 is 1.80 bits per heavy atom. The van der Waals surface area contributed by atoms with Crippen molar-refractivity contribution in [3.8, 4) is 0 Å². The molecule has 1 aliphatic heterocycles. The molecule has 2 nitrogen and oxygen atoms in total. The molecule has 134 valence electrons. The first kappa shape index (κ1) is 16.4. The predicted molar refractivity (Wildman–Crippen MR) is 104 cm³/mol. The molecule has 0 unspecified atom stereocenters. The van der Waals surface area contributed by atoms with Crippen LogP contribution in [-0.4, -0.2) is 11.3 Å². The Morgan fingerprint density at radius 1 is 1.20 bits per heavy atom. The van der Waals surface area contributed by atoms with Gasteiger partial charge in [0.1, 0.15) is 0 Å². The van der Waals surface area contributed by atoms with E-state index in [1.807, 2.05) is 12.1 Å². The van der Waals surface area contributed by atoms with Gasteiger partial charge in [-0.15, -0.1) is 11.3 Å². The number of carbonyl (C=O) groups is 1. The van der Waals surface area contributed by atoms with Crippen molar-refractivity contribution in [1.29, 1.82) is 0 Å². The molecule has 6 rings (SSSR count). The molecule has 1 aromatic heterocycles. The van der Waals surface area contributed by atoms with E-state index in [4.69, 9.17) is 11.6 Å². The van der Waals surface area contributed by atoms with Crippen LogP contribution in [0.1, 0.15) is 62.8 Å². The van der Waals surface area contributed by atoms with Gasteiger partial charge in [-0.3, -0.25) is 4.79 Å². The first-order chi connectivity index (χ1) is 11.8. The Labute approximate surface area is 159 Å². The number of fused-ring (bicyclic) bond motifs is 1. The zero-order valence-corrected chi connectivity index (χ0v) is 16.6. The van der Waals surface area contributed by atoms with E-state index in [2.05, 4.69) is 19.2 Å². The van der Waals surface area contributed by atoms with Crippen LogP contribution in [0.3, 0.4) is 0 Å². The number of rotatable bonds is 2. The van der Waals surface area contributed by atoms with E-state index in [0.29, 0.717) is 5.78 Å². The number of carbonyl (C=O) groups excluding carboxylic acids is 1. The fourth-order valence-corrected chi connectivity index (χ4v) is 7.96. The third-order valence-corrected chi connectivity index (χ3v) is 8.25. The lowest BCUT2D eigenvalue weighted by Gasteiger charge is -2.55. The van der Waals surface area contributed by atoms with Gasteiger partial charge in [-0.05, 0) is 76.2 Å². The van der Waals surface area contributed by atoms with Crippen LogP contribution < -0.4 is 5.32 Å². The second-order valence-corrected chi connectivity index (χ2v) is 11.5. The first-order valence-corrected chi connectivity index (χ1v) is 10.8. The van der Waals surface area contributed by atoms with Crippen LogP contribution in [0.4, 0.5) is 0 Å². The monoisotopic (exact) mass is 375 g/mol. The number of hydrogen-bond donors (Lipinski definition) is 1. The zero-order chi connectivity index (χ0) is 17.4. The van der Waals surface area contributed by atoms with Crippen molar-refractivity contribution in [2.45, 2.75) is 64.3 Å². The maximum atomic E-state index is 13.4. The van der Waals surface area contributed by atoms with E-state index < -0.39 is 0 Å². The van der Waals surface area contributed by atoms with Crippen molar-refractivity contribution in [1.82, 2.24) is 5.32 Å². The van der Waals surface area contributed by atoms with Crippen LogP contribution in [0.15, 0.2) is 12.1 Å². The van der Waals surface area contributed by atoms with Crippen molar-refractivity contribution in [2.24, 2.45) is 23.2 Å². The lowest BCUT2D eigenvalue weighted by molar-refractivity contribution is -0.138. The van der Waals surface area contributed by atoms with Gasteiger partial charge < -0.3 is 5.32 Å². The van der Waals surface area contributed by atoms with Crippen molar-refractivity contribution in [2.75, 3.05) is 0 Å². The molecular weight excluding hydrogens is 350 g/mol. The van der Waals surface area contributed by atoms with Crippen LogP contribution in [0.25, 0.3) is 5.70 Å². The highest BCUT2D eigenvalue weighted by molar-refractivity contribution is 7.16. The molecule has 0 aromatic carbocycles. The van der Waals surface area contributed by atoms with Gasteiger partial charge in [-0.25, -0.2) is 0 Å². The molecule has 4 saturated carbocycles. The largest absolute Gasteiger partial charge is 0.379 e. The molecule has 0 atom stereocenters. The maximum Gasteiger partial charge on any atom is 0.163 e. The Bertz CT molecular complexity index is 740. The average Bonchev–Trinajstić information content (AvgIpc) is 2.84. The Hall–Kier alpha value is -0.800. The topological polar surface area (TPSA) is 29.1 Å². The summed E-state index contributed by atoms with van der Waals surface area (Å²) >= 11 is 7.94. The highest BCUT2D eigenvalue weighted by Crippen LogP contribution is 2.60. The first-order valence-electron chi connectivity index (χ1n) is 9.65. The fourth-order valence-electron chi connectivity index (χ4n) is 6.44. The van der Waals surface area contributed by atoms with E-state index in [-0.39, 0.29) is 11.0 Å². The van der Waals surface area contributed by atoms with E-state index in [1.54, 1.807) is 11.3 Å². The van der Waals surface area contributed by atoms with Crippen LogP contribution in [0, 0.1) is 23.2 Å². The van der Waals surface area contributed by atoms with Gasteiger partial charge in [-0.2, -0.15) is 0 Å². The molecule has 4 fully saturated rings. The summed E-state index contributed by atoms with van der Waals surface area (Å²) in [5.74, 6) is 2.78. The summed E-state index contributed by atoms with van der Waals surface area (Å²) in [5, 5.41) is 3.61. The summed E-state index contributed by atoms with van der Waals surface area (Å²) in [6.45, 7) is 4.40. The second kappa shape index (κ2) is 5.36. The Morgan fingerprint density at radius 3 is 2.40 bits per heavy atom. The molecular formula is C21H26ClNOS. The number of nitrogens with one attached hydrogen (secondary N) is 1. The second-order valence-electron chi connectivity index (χ2n) is 9.69. The van der Waals surface area contributed by atoms with Gasteiger partial charge in [0.05, 0.1) is 4.34 Å². The summed E-state index contributed by atoms with van der Waals surface area (Å²) < 4.78 is 0.817. The van der Waals surface area contributed by atoms with Crippen LogP contribution >= 0.6 is 22.9 Å². The maximum absolute atomic E-state index is 13.4. The third-order valence-electron chi connectivity index (χ3n) is 6.98.